The topological polar surface area (TPSA) is 66.5 Å². The van der Waals surface area contributed by atoms with E-state index in [1.165, 1.54) is 0 Å². The van der Waals surface area contributed by atoms with Gasteiger partial charge in [-0.25, -0.2) is 0 Å². The van der Waals surface area contributed by atoms with Crippen LogP contribution in [0.25, 0.3) is 0 Å². The Morgan fingerprint density at radius 2 is 2.00 bits per heavy atom. The number of hydrogen-bond acceptors (Lipinski definition) is 3. The second-order valence-corrected chi connectivity index (χ2v) is 7.46. The third kappa shape index (κ3) is 2.99. The standard InChI is InChI=1S/C13H22N2O3S/c1-10(19(2)18)5-8-15-9-11(16)14-13(12(15)17)6-3-4-7-13/h10H,3-9H2,1-2H3,(H,14,16). The number of carbonyl (C=O) groups is 2. The molecule has 5 nitrogen and oxygen atoms in total. The van der Waals surface area contributed by atoms with E-state index in [0.29, 0.717) is 13.0 Å². The summed E-state index contributed by atoms with van der Waals surface area (Å²) >= 11 is 0. The molecule has 0 aromatic rings. The molecule has 1 saturated carbocycles. The first kappa shape index (κ1) is 14.5. The molecule has 2 unspecified atom stereocenters. The lowest BCUT2D eigenvalue weighted by Gasteiger charge is -2.40. The molecule has 2 fully saturated rings. The first-order chi connectivity index (χ1) is 8.94. The maximum absolute atomic E-state index is 12.5. The van der Waals surface area contributed by atoms with Gasteiger partial charge in [-0.05, 0) is 19.3 Å². The molecule has 1 aliphatic carbocycles. The molecule has 0 aromatic heterocycles. The smallest absolute Gasteiger partial charge is 0.248 e. The summed E-state index contributed by atoms with van der Waals surface area (Å²) in [4.78, 5) is 26.0. The zero-order valence-corrected chi connectivity index (χ0v) is 12.4. The summed E-state index contributed by atoms with van der Waals surface area (Å²) in [6.45, 7) is 2.58. The van der Waals surface area contributed by atoms with Crippen LogP contribution in [0.3, 0.4) is 0 Å². The molecule has 0 aromatic carbocycles. The average molecular weight is 286 g/mol. The molecule has 108 valence electrons. The van der Waals surface area contributed by atoms with Crippen molar-refractivity contribution in [2.75, 3.05) is 19.3 Å². The van der Waals surface area contributed by atoms with Crippen LogP contribution in [0.2, 0.25) is 0 Å². The van der Waals surface area contributed by atoms with Gasteiger partial charge in [0.05, 0.1) is 6.54 Å². The van der Waals surface area contributed by atoms with E-state index in [-0.39, 0.29) is 23.6 Å². The minimum atomic E-state index is -0.884. The van der Waals surface area contributed by atoms with Gasteiger partial charge in [0.1, 0.15) is 5.54 Å². The minimum absolute atomic E-state index is 0.0531. The summed E-state index contributed by atoms with van der Waals surface area (Å²) in [5.74, 6) is -0.00883. The molecule has 1 saturated heterocycles. The van der Waals surface area contributed by atoms with Gasteiger partial charge in [0.2, 0.25) is 11.8 Å². The van der Waals surface area contributed by atoms with E-state index in [2.05, 4.69) is 5.32 Å². The summed E-state index contributed by atoms with van der Waals surface area (Å²) in [7, 11) is -0.884. The highest BCUT2D eigenvalue weighted by Gasteiger charge is 2.48. The van der Waals surface area contributed by atoms with Gasteiger partial charge in [-0.15, -0.1) is 0 Å². The number of rotatable bonds is 4. The van der Waals surface area contributed by atoms with Gasteiger partial charge in [-0.2, -0.15) is 0 Å². The molecule has 1 spiro atoms. The lowest BCUT2D eigenvalue weighted by molar-refractivity contribution is -0.149. The number of nitrogens with one attached hydrogen (secondary N) is 1. The highest BCUT2D eigenvalue weighted by molar-refractivity contribution is 7.84. The van der Waals surface area contributed by atoms with Crippen molar-refractivity contribution in [1.82, 2.24) is 10.2 Å². The maximum atomic E-state index is 12.5. The molecule has 1 aliphatic heterocycles. The fraction of sp³-hybridized carbons (Fsp3) is 0.846. The maximum Gasteiger partial charge on any atom is 0.248 e. The van der Waals surface area contributed by atoms with Gasteiger partial charge in [0.15, 0.2) is 0 Å². The van der Waals surface area contributed by atoms with Crippen molar-refractivity contribution in [3.8, 4) is 0 Å². The Bertz CT molecular complexity index is 405. The quantitative estimate of drug-likeness (QED) is 0.814. The Labute approximate surface area is 116 Å². The Balaban J connectivity index is 2.02. The first-order valence-electron chi connectivity index (χ1n) is 6.87. The van der Waals surface area contributed by atoms with Gasteiger partial charge in [0, 0.05) is 28.9 Å². The second-order valence-electron chi connectivity index (χ2n) is 5.66. The van der Waals surface area contributed by atoms with Gasteiger partial charge in [-0.3, -0.25) is 13.8 Å². The molecule has 0 radical (unpaired) electrons. The summed E-state index contributed by atoms with van der Waals surface area (Å²) in [6.07, 6.45) is 5.85. The van der Waals surface area contributed by atoms with Crippen LogP contribution in [0, 0.1) is 0 Å². The fourth-order valence-electron chi connectivity index (χ4n) is 2.91. The SMILES string of the molecule is CC(CCN1CC(=O)NC2(CCCC2)C1=O)S(C)=O. The van der Waals surface area contributed by atoms with Crippen LogP contribution >= 0.6 is 0 Å². The third-order valence-electron chi connectivity index (χ3n) is 4.24. The zero-order valence-electron chi connectivity index (χ0n) is 11.6. The van der Waals surface area contributed by atoms with Crippen LogP contribution in [0.15, 0.2) is 0 Å². The summed E-state index contributed by atoms with van der Waals surface area (Å²) in [5, 5.41) is 2.94. The lowest BCUT2D eigenvalue weighted by atomic mass is 9.93. The average Bonchev–Trinajstić information content (AvgIpc) is 2.80. The molecule has 2 atom stereocenters. The summed E-state index contributed by atoms with van der Waals surface area (Å²) in [6, 6.07) is 0. The predicted octanol–water partition coefficient (Wildman–Crippen LogP) is 0.415. The molecule has 19 heavy (non-hydrogen) atoms. The van der Waals surface area contributed by atoms with Gasteiger partial charge in [-0.1, -0.05) is 19.8 Å². The number of carbonyl (C=O) groups excluding carboxylic acids is 2. The van der Waals surface area contributed by atoms with Crippen molar-refractivity contribution < 1.29 is 13.8 Å². The Morgan fingerprint density at radius 3 is 2.58 bits per heavy atom. The summed E-state index contributed by atoms with van der Waals surface area (Å²) < 4.78 is 11.3. The lowest BCUT2D eigenvalue weighted by Crippen LogP contribution is -2.65. The van der Waals surface area contributed by atoms with E-state index in [1.54, 1.807) is 11.2 Å². The van der Waals surface area contributed by atoms with Crippen LogP contribution < -0.4 is 5.32 Å². The molecule has 0 bridgehead atoms. The monoisotopic (exact) mass is 286 g/mol. The Kier molecular flexibility index (Phi) is 4.28. The number of amides is 2. The number of hydrogen-bond donors (Lipinski definition) is 1. The van der Waals surface area contributed by atoms with Crippen LogP contribution in [-0.2, 0) is 20.4 Å². The number of piperazine rings is 1. The predicted molar refractivity (Wildman–Crippen MR) is 74.1 cm³/mol. The Morgan fingerprint density at radius 1 is 1.37 bits per heavy atom. The highest BCUT2D eigenvalue weighted by Crippen LogP contribution is 2.33. The van der Waals surface area contributed by atoms with Gasteiger partial charge in [0.25, 0.3) is 0 Å². The minimum Gasteiger partial charge on any atom is -0.340 e. The molecule has 6 heteroatoms. The number of nitrogens with zero attached hydrogens (tertiary/aromatic N) is 1. The fourth-order valence-corrected chi connectivity index (χ4v) is 3.35. The zero-order chi connectivity index (χ0) is 14.0. The molecule has 2 rings (SSSR count). The normalized spacial score (nSPS) is 25.5. The molecule has 2 amide bonds. The summed E-state index contributed by atoms with van der Waals surface area (Å²) in [5.41, 5.74) is -0.635. The second kappa shape index (κ2) is 5.61. The Hall–Kier alpha value is -0.910. The van der Waals surface area contributed by atoms with Crippen molar-refractivity contribution >= 4 is 22.6 Å². The van der Waals surface area contributed by atoms with Crippen molar-refractivity contribution in [3.63, 3.8) is 0 Å². The van der Waals surface area contributed by atoms with Crippen molar-refractivity contribution in [3.05, 3.63) is 0 Å². The molecular formula is C13H22N2O3S. The van der Waals surface area contributed by atoms with Crippen molar-refractivity contribution in [2.45, 2.75) is 49.8 Å². The van der Waals surface area contributed by atoms with Crippen LogP contribution in [0.5, 0.6) is 0 Å². The largest absolute Gasteiger partial charge is 0.340 e. The van der Waals surface area contributed by atoms with Gasteiger partial charge >= 0.3 is 0 Å². The van der Waals surface area contributed by atoms with E-state index in [1.807, 2.05) is 6.92 Å². The molecule has 1 N–H and O–H groups in total. The van der Waals surface area contributed by atoms with Crippen molar-refractivity contribution in [2.24, 2.45) is 0 Å². The first-order valence-corrected chi connectivity index (χ1v) is 8.49. The van der Waals surface area contributed by atoms with Crippen LogP contribution in [-0.4, -0.2) is 51.1 Å². The van der Waals surface area contributed by atoms with E-state index >= 15 is 0 Å². The van der Waals surface area contributed by atoms with E-state index in [9.17, 15) is 13.8 Å². The molecular weight excluding hydrogens is 264 g/mol. The van der Waals surface area contributed by atoms with E-state index in [0.717, 1.165) is 25.7 Å². The van der Waals surface area contributed by atoms with E-state index in [4.69, 9.17) is 0 Å². The third-order valence-corrected chi connectivity index (χ3v) is 5.61. The highest BCUT2D eigenvalue weighted by atomic mass is 32.2. The molecule has 1 heterocycles. The van der Waals surface area contributed by atoms with Gasteiger partial charge < -0.3 is 10.2 Å². The van der Waals surface area contributed by atoms with E-state index < -0.39 is 16.3 Å². The van der Waals surface area contributed by atoms with Crippen molar-refractivity contribution in [1.29, 1.82) is 0 Å². The van der Waals surface area contributed by atoms with Crippen LogP contribution in [0.4, 0.5) is 0 Å². The molecule has 2 aliphatic rings. The van der Waals surface area contributed by atoms with Crippen LogP contribution in [0.1, 0.15) is 39.0 Å².